The van der Waals surface area contributed by atoms with Gasteiger partial charge < -0.3 is 10.4 Å². The third kappa shape index (κ3) is 8.50. The Morgan fingerprint density at radius 3 is 2.35 bits per heavy atom. The van der Waals surface area contributed by atoms with E-state index in [2.05, 4.69) is 10.0 Å². The highest BCUT2D eigenvalue weighted by Crippen LogP contribution is 2.09. The van der Waals surface area contributed by atoms with Gasteiger partial charge in [0.1, 0.15) is 0 Å². The van der Waals surface area contributed by atoms with E-state index >= 15 is 0 Å². The minimum absolute atomic E-state index is 0.0214. The van der Waals surface area contributed by atoms with Crippen LogP contribution in [-0.2, 0) is 14.8 Å². The van der Waals surface area contributed by atoms with Crippen LogP contribution in [-0.4, -0.2) is 44.4 Å². The molecule has 0 saturated heterocycles. The maximum absolute atomic E-state index is 11.8. The van der Waals surface area contributed by atoms with Gasteiger partial charge in [0.15, 0.2) is 0 Å². The lowest BCUT2D eigenvalue weighted by molar-refractivity contribution is -0.122. The van der Waals surface area contributed by atoms with E-state index < -0.39 is 16.1 Å². The summed E-state index contributed by atoms with van der Waals surface area (Å²) in [5.74, 6) is -0.0785. The second-order valence-electron chi connectivity index (χ2n) is 5.07. The topological polar surface area (TPSA) is 95.5 Å². The molecule has 0 rings (SSSR count). The molecule has 0 aromatic heterocycles. The molecule has 0 aliphatic rings. The van der Waals surface area contributed by atoms with Crippen LogP contribution >= 0.6 is 0 Å². The highest BCUT2D eigenvalue weighted by Gasteiger charge is 2.20. The first kappa shape index (κ1) is 19.3. The van der Waals surface area contributed by atoms with Crippen molar-refractivity contribution < 1.29 is 18.3 Å². The number of nitrogens with one attached hydrogen (secondary N) is 2. The molecule has 7 heteroatoms. The van der Waals surface area contributed by atoms with Gasteiger partial charge in [0, 0.05) is 13.2 Å². The third-order valence-electron chi connectivity index (χ3n) is 3.02. The minimum atomic E-state index is -3.39. The van der Waals surface area contributed by atoms with Crippen molar-refractivity contribution in [3.63, 3.8) is 0 Å². The SMILES string of the molecule is CCCC(CCO)CNC(=O)C(C)NS(=O)(=O)CCC. The van der Waals surface area contributed by atoms with Gasteiger partial charge in [-0.3, -0.25) is 4.79 Å². The van der Waals surface area contributed by atoms with Crippen molar-refractivity contribution in [1.82, 2.24) is 10.0 Å². The van der Waals surface area contributed by atoms with Crippen molar-refractivity contribution in [2.75, 3.05) is 18.9 Å². The van der Waals surface area contributed by atoms with E-state index in [-0.39, 0.29) is 24.2 Å². The van der Waals surface area contributed by atoms with E-state index in [4.69, 9.17) is 5.11 Å². The molecule has 0 spiro atoms. The molecule has 3 N–H and O–H groups in total. The highest BCUT2D eigenvalue weighted by atomic mass is 32.2. The molecule has 0 bridgehead atoms. The Hall–Kier alpha value is -0.660. The molecule has 120 valence electrons. The van der Waals surface area contributed by atoms with E-state index in [1.54, 1.807) is 6.92 Å². The summed E-state index contributed by atoms with van der Waals surface area (Å²) in [5.41, 5.74) is 0. The Kier molecular flexibility index (Phi) is 9.79. The Morgan fingerprint density at radius 1 is 1.20 bits per heavy atom. The summed E-state index contributed by atoms with van der Waals surface area (Å²) >= 11 is 0. The van der Waals surface area contributed by atoms with Gasteiger partial charge in [-0.1, -0.05) is 20.3 Å². The first-order valence-electron chi connectivity index (χ1n) is 7.24. The van der Waals surface area contributed by atoms with Gasteiger partial charge in [-0.25, -0.2) is 13.1 Å². The van der Waals surface area contributed by atoms with Crippen LogP contribution < -0.4 is 10.0 Å². The maximum Gasteiger partial charge on any atom is 0.237 e. The molecular weight excluding hydrogens is 280 g/mol. The van der Waals surface area contributed by atoms with Gasteiger partial charge in [0.05, 0.1) is 11.8 Å². The van der Waals surface area contributed by atoms with Crippen LogP contribution in [0.5, 0.6) is 0 Å². The van der Waals surface area contributed by atoms with Crippen molar-refractivity contribution in [2.24, 2.45) is 5.92 Å². The van der Waals surface area contributed by atoms with E-state index in [1.165, 1.54) is 6.92 Å². The number of hydrogen-bond donors (Lipinski definition) is 3. The molecule has 6 nitrogen and oxygen atoms in total. The van der Waals surface area contributed by atoms with Crippen molar-refractivity contribution in [1.29, 1.82) is 0 Å². The second kappa shape index (κ2) is 10.1. The molecule has 0 radical (unpaired) electrons. The number of rotatable bonds is 11. The zero-order chi connectivity index (χ0) is 15.6. The van der Waals surface area contributed by atoms with Crippen LogP contribution in [0.3, 0.4) is 0 Å². The first-order valence-corrected chi connectivity index (χ1v) is 8.90. The number of sulfonamides is 1. The fraction of sp³-hybridized carbons (Fsp3) is 0.923. The van der Waals surface area contributed by atoms with Crippen LogP contribution in [0.15, 0.2) is 0 Å². The maximum atomic E-state index is 11.8. The summed E-state index contributed by atoms with van der Waals surface area (Å²) in [6.07, 6.45) is 3.07. The number of carbonyl (C=O) groups excluding carboxylic acids is 1. The quantitative estimate of drug-likeness (QED) is 0.521. The first-order chi connectivity index (χ1) is 9.36. The third-order valence-corrected chi connectivity index (χ3v) is 4.68. The van der Waals surface area contributed by atoms with E-state index in [0.717, 1.165) is 12.8 Å². The summed E-state index contributed by atoms with van der Waals surface area (Å²) in [6, 6.07) is -0.775. The van der Waals surface area contributed by atoms with Crippen molar-refractivity contribution in [2.45, 2.75) is 52.5 Å². The highest BCUT2D eigenvalue weighted by molar-refractivity contribution is 7.89. The Bertz CT molecular complexity index is 365. The average molecular weight is 308 g/mol. The van der Waals surface area contributed by atoms with Gasteiger partial charge >= 0.3 is 0 Å². The zero-order valence-corrected chi connectivity index (χ0v) is 13.5. The second-order valence-corrected chi connectivity index (χ2v) is 6.94. The summed E-state index contributed by atoms with van der Waals surface area (Å²) in [4.78, 5) is 11.8. The smallest absolute Gasteiger partial charge is 0.237 e. The molecule has 20 heavy (non-hydrogen) atoms. The number of carbonyl (C=O) groups is 1. The molecule has 0 aromatic carbocycles. The van der Waals surface area contributed by atoms with Gasteiger partial charge in [-0.15, -0.1) is 0 Å². The Balaban J connectivity index is 4.25. The Labute approximate surface area is 122 Å². The molecule has 0 aromatic rings. The lowest BCUT2D eigenvalue weighted by atomic mass is 10.0. The van der Waals surface area contributed by atoms with Gasteiger partial charge in [-0.05, 0) is 32.1 Å². The summed E-state index contributed by atoms with van der Waals surface area (Å²) in [6.45, 7) is 5.91. The molecule has 1 amide bonds. The predicted molar refractivity (Wildman–Crippen MR) is 79.8 cm³/mol. The number of aliphatic hydroxyl groups is 1. The number of hydrogen-bond acceptors (Lipinski definition) is 4. The fourth-order valence-corrected chi connectivity index (χ4v) is 3.29. The number of amides is 1. The molecule has 0 aliphatic heterocycles. The van der Waals surface area contributed by atoms with Crippen LogP contribution in [0, 0.1) is 5.92 Å². The van der Waals surface area contributed by atoms with Crippen LogP contribution in [0.1, 0.15) is 46.5 Å². The molecule has 0 heterocycles. The molecular formula is C13H28N2O4S. The van der Waals surface area contributed by atoms with E-state index in [1.807, 2.05) is 6.92 Å². The van der Waals surface area contributed by atoms with E-state index in [0.29, 0.717) is 19.4 Å². The molecule has 0 fully saturated rings. The average Bonchev–Trinajstić information content (AvgIpc) is 2.35. The molecule has 0 aliphatic carbocycles. The summed E-state index contributed by atoms with van der Waals surface area (Å²) in [7, 11) is -3.39. The van der Waals surface area contributed by atoms with Gasteiger partial charge in [0.2, 0.25) is 15.9 Å². The fourth-order valence-electron chi connectivity index (χ4n) is 1.99. The lowest BCUT2D eigenvalue weighted by Crippen LogP contribution is -2.46. The monoisotopic (exact) mass is 308 g/mol. The van der Waals surface area contributed by atoms with Crippen molar-refractivity contribution >= 4 is 15.9 Å². The largest absolute Gasteiger partial charge is 0.396 e. The van der Waals surface area contributed by atoms with Crippen LogP contribution in [0.4, 0.5) is 0 Å². The molecule has 0 saturated carbocycles. The molecule has 2 atom stereocenters. The normalized spacial score (nSPS) is 14.8. The minimum Gasteiger partial charge on any atom is -0.396 e. The summed E-state index contributed by atoms with van der Waals surface area (Å²) < 4.78 is 25.5. The molecule has 2 unspecified atom stereocenters. The van der Waals surface area contributed by atoms with Crippen LogP contribution in [0.2, 0.25) is 0 Å². The number of aliphatic hydroxyl groups excluding tert-OH is 1. The summed E-state index contributed by atoms with van der Waals surface area (Å²) in [5, 5.41) is 11.7. The van der Waals surface area contributed by atoms with Crippen molar-refractivity contribution in [3.05, 3.63) is 0 Å². The van der Waals surface area contributed by atoms with Crippen LogP contribution in [0.25, 0.3) is 0 Å². The lowest BCUT2D eigenvalue weighted by Gasteiger charge is -2.18. The van der Waals surface area contributed by atoms with Gasteiger partial charge in [0.25, 0.3) is 0 Å². The van der Waals surface area contributed by atoms with Gasteiger partial charge in [-0.2, -0.15) is 0 Å². The van der Waals surface area contributed by atoms with Crippen molar-refractivity contribution in [3.8, 4) is 0 Å². The Morgan fingerprint density at radius 2 is 1.85 bits per heavy atom. The standard InChI is InChI=1S/C13H28N2O4S/c1-4-6-12(7-8-16)10-14-13(17)11(3)15-20(18,19)9-5-2/h11-12,15-16H,4-10H2,1-3H3,(H,14,17). The predicted octanol–water partition coefficient (Wildman–Crippen LogP) is 0.619. The zero-order valence-electron chi connectivity index (χ0n) is 12.7. The van der Waals surface area contributed by atoms with E-state index in [9.17, 15) is 13.2 Å².